The topological polar surface area (TPSA) is 28.2 Å². The van der Waals surface area contributed by atoms with Gasteiger partial charge in [-0.3, -0.25) is 4.90 Å². The van der Waals surface area contributed by atoms with Crippen LogP contribution in [0.4, 0.5) is 0 Å². The molecule has 2 rings (SSSR count). The summed E-state index contributed by atoms with van der Waals surface area (Å²) in [5.74, 6) is 0. The maximum absolute atomic E-state index is 4.64. The summed E-state index contributed by atoms with van der Waals surface area (Å²) in [6.45, 7) is 9.34. The first kappa shape index (κ1) is 15.9. The van der Waals surface area contributed by atoms with Crippen LogP contribution in [-0.4, -0.2) is 41.6 Å². The van der Waals surface area contributed by atoms with Gasteiger partial charge in [0.1, 0.15) is 0 Å². The fourth-order valence-corrected chi connectivity index (χ4v) is 3.91. The highest BCUT2D eigenvalue weighted by Crippen LogP contribution is 2.25. The second-order valence-electron chi connectivity index (χ2n) is 6.46. The molecule has 0 bridgehead atoms. The van der Waals surface area contributed by atoms with Gasteiger partial charge in [0.15, 0.2) is 0 Å². The van der Waals surface area contributed by atoms with E-state index in [-0.39, 0.29) is 5.54 Å². The van der Waals surface area contributed by atoms with E-state index in [9.17, 15) is 0 Å². The molecule has 1 N–H and O–H groups in total. The van der Waals surface area contributed by atoms with Crippen molar-refractivity contribution < 1.29 is 0 Å². The van der Waals surface area contributed by atoms with E-state index < -0.39 is 0 Å². The van der Waals surface area contributed by atoms with E-state index in [4.69, 9.17) is 0 Å². The summed E-state index contributed by atoms with van der Waals surface area (Å²) in [6, 6.07) is 0.446. The second-order valence-corrected chi connectivity index (χ2v) is 7.52. The van der Waals surface area contributed by atoms with Gasteiger partial charge in [-0.15, -0.1) is 11.3 Å². The van der Waals surface area contributed by atoms with Crippen LogP contribution in [0.1, 0.15) is 50.2 Å². The molecular formula is C16H29N3S. The van der Waals surface area contributed by atoms with Gasteiger partial charge < -0.3 is 5.32 Å². The lowest BCUT2D eigenvalue weighted by molar-refractivity contribution is 0.0861. The molecule has 1 aromatic rings. The quantitative estimate of drug-likeness (QED) is 0.904. The molecule has 1 unspecified atom stereocenters. The summed E-state index contributed by atoms with van der Waals surface area (Å²) in [5.41, 5.74) is 1.41. The summed E-state index contributed by atoms with van der Waals surface area (Å²) in [4.78, 5) is 7.32. The largest absolute Gasteiger partial charge is 0.315 e. The van der Waals surface area contributed by atoms with Crippen molar-refractivity contribution in [3.8, 4) is 0 Å². The van der Waals surface area contributed by atoms with Crippen molar-refractivity contribution in [1.29, 1.82) is 0 Å². The lowest BCUT2D eigenvalue weighted by atomic mass is 9.88. The molecule has 0 saturated carbocycles. The van der Waals surface area contributed by atoms with E-state index >= 15 is 0 Å². The first-order valence-electron chi connectivity index (χ1n) is 7.87. The fraction of sp³-hybridized carbons (Fsp3) is 0.812. The third-order valence-corrected chi connectivity index (χ3v) is 5.52. The van der Waals surface area contributed by atoms with Gasteiger partial charge in [0, 0.05) is 23.4 Å². The Labute approximate surface area is 127 Å². The van der Waals surface area contributed by atoms with Crippen molar-refractivity contribution in [3.63, 3.8) is 0 Å². The summed E-state index contributed by atoms with van der Waals surface area (Å²) in [7, 11) is 2.09. The van der Waals surface area contributed by atoms with E-state index in [0.717, 1.165) is 6.42 Å². The highest BCUT2D eigenvalue weighted by atomic mass is 32.1. The molecular weight excluding hydrogens is 266 g/mol. The summed E-state index contributed by atoms with van der Waals surface area (Å²) in [5, 5.41) is 6.92. The second kappa shape index (κ2) is 7.01. The molecule has 114 valence electrons. The average Bonchev–Trinajstić information content (AvgIpc) is 2.68. The number of aromatic nitrogens is 1. The molecule has 1 atom stereocenters. The predicted octanol–water partition coefficient (Wildman–Crippen LogP) is 3.24. The molecule has 1 saturated heterocycles. The standard InChI is InChI=1S/C16H29N3S/c1-13-18-14(12-20-13)11-15(17-4)16(2,3)19-9-7-5-6-8-10-19/h12,15,17H,5-11H2,1-4H3. The van der Waals surface area contributed by atoms with Crippen LogP contribution in [0, 0.1) is 6.92 Å². The molecule has 0 aromatic carbocycles. The number of rotatable bonds is 5. The molecule has 2 heterocycles. The molecule has 20 heavy (non-hydrogen) atoms. The van der Waals surface area contributed by atoms with Crippen molar-refractivity contribution in [1.82, 2.24) is 15.2 Å². The zero-order valence-corrected chi connectivity index (χ0v) is 14.2. The molecule has 0 spiro atoms. The van der Waals surface area contributed by atoms with E-state index in [1.54, 1.807) is 11.3 Å². The minimum atomic E-state index is 0.177. The summed E-state index contributed by atoms with van der Waals surface area (Å²) in [6.07, 6.45) is 6.49. The monoisotopic (exact) mass is 295 g/mol. The number of likely N-dealkylation sites (N-methyl/N-ethyl adjacent to an activating group) is 1. The Morgan fingerprint density at radius 1 is 1.30 bits per heavy atom. The molecule has 0 amide bonds. The van der Waals surface area contributed by atoms with Gasteiger partial charge in [-0.05, 0) is 53.8 Å². The van der Waals surface area contributed by atoms with Crippen LogP contribution in [0.15, 0.2) is 5.38 Å². The summed E-state index contributed by atoms with van der Waals surface area (Å²) >= 11 is 1.75. The zero-order chi connectivity index (χ0) is 14.6. The molecule has 1 aliphatic rings. The van der Waals surface area contributed by atoms with Crippen LogP contribution in [-0.2, 0) is 6.42 Å². The smallest absolute Gasteiger partial charge is 0.0897 e. The van der Waals surface area contributed by atoms with Crippen molar-refractivity contribution in [3.05, 3.63) is 16.1 Å². The maximum atomic E-state index is 4.64. The Bertz CT molecular complexity index is 406. The Morgan fingerprint density at radius 2 is 1.95 bits per heavy atom. The molecule has 4 heteroatoms. The van der Waals surface area contributed by atoms with Gasteiger partial charge in [-0.2, -0.15) is 0 Å². The third-order valence-electron chi connectivity index (χ3n) is 4.70. The Kier molecular flexibility index (Phi) is 5.58. The van der Waals surface area contributed by atoms with Crippen molar-refractivity contribution in [2.45, 2.75) is 64.5 Å². The van der Waals surface area contributed by atoms with E-state index in [1.165, 1.54) is 49.5 Å². The number of hydrogen-bond donors (Lipinski definition) is 1. The minimum Gasteiger partial charge on any atom is -0.315 e. The highest BCUT2D eigenvalue weighted by molar-refractivity contribution is 7.09. The van der Waals surface area contributed by atoms with Gasteiger partial charge >= 0.3 is 0 Å². The van der Waals surface area contributed by atoms with E-state index in [2.05, 4.69) is 48.4 Å². The van der Waals surface area contributed by atoms with Crippen LogP contribution in [0.3, 0.4) is 0 Å². The van der Waals surface area contributed by atoms with Crippen LogP contribution in [0.2, 0.25) is 0 Å². The normalized spacial score (nSPS) is 19.8. The molecule has 1 aliphatic heterocycles. The Morgan fingerprint density at radius 3 is 2.45 bits per heavy atom. The fourth-order valence-electron chi connectivity index (χ4n) is 3.28. The first-order valence-corrected chi connectivity index (χ1v) is 8.75. The number of thiazole rings is 1. The number of nitrogens with zero attached hydrogens (tertiary/aromatic N) is 2. The molecule has 3 nitrogen and oxygen atoms in total. The zero-order valence-electron chi connectivity index (χ0n) is 13.4. The number of nitrogens with one attached hydrogen (secondary N) is 1. The third kappa shape index (κ3) is 3.80. The lowest BCUT2D eigenvalue weighted by Gasteiger charge is -2.44. The minimum absolute atomic E-state index is 0.177. The first-order chi connectivity index (χ1) is 9.54. The van der Waals surface area contributed by atoms with Gasteiger partial charge in [0.25, 0.3) is 0 Å². The predicted molar refractivity (Wildman–Crippen MR) is 87.5 cm³/mol. The Balaban J connectivity index is 2.07. The van der Waals surface area contributed by atoms with Crippen LogP contribution in [0.5, 0.6) is 0 Å². The number of hydrogen-bond acceptors (Lipinski definition) is 4. The molecule has 1 fully saturated rings. The maximum Gasteiger partial charge on any atom is 0.0897 e. The van der Waals surface area contributed by atoms with Crippen LogP contribution >= 0.6 is 11.3 Å². The SMILES string of the molecule is CNC(Cc1csc(C)n1)C(C)(C)N1CCCCCC1. The lowest BCUT2D eigenvalue weighted by Crippen LogP contribution is -2.58. The van der Waals surface area contributed by atoms with Crippen LogP contribution in [0.25, 0.3) is 0 Å². The van der Waals surface area contributed by atoms with Crippen LogP contribution < -0.4 is 5.32 Å². The van der Waals surface area contributed by atoms with Gasteiger partial charge in [0.05, 0.1) is 10.7 Å². The van der Waals surface area contributed by atoms with E-state index in [1.807, 2.05) is 0 Å². The average molecular weight is 295 g/mol. The number of likely N-dealkylation sites (tertiary alicyclic amines) is 1. The molecule has 1 aromatic heterocycles. The number of aryl methyl sites for hydroxylation is 1. The van der Waals surface area contributed by atoms with Gasteiger partial charge in [-0.1, -0.05) is 12.8 Å². The highest BCUT2D eigenvalue weighted by Gasteiger charge is 2.35. The molecule has 0 aliphatic carbocycles. The van der Waals surface area contributed by atoms with E-state index in [0.29, 0.717) is 6.04 Å². The van der Waals surface area contributed by atoms with Crippen molar-refractivity contribution in [2.24, 2.45) is 0 Å². The van der Waals surface area contributed by atoms with Gasteiger partial charge in [0.2, 0.25) is 0 Å². The van der Waals surface area contributed by atoms with Crippen molar-refractivity contribution >= 4 is 11.3 Å². The molecule has 0 radical (unpaired) electrons. The van der Waals surface area contributed by atoms with Crippen molar-refractivity contribution in [2.75, 3.05) is 20.1 Å². The Hall–Kier alpha value is -0.450. The summed E-state index contributed by atoms with van der Waals surface area (Å²) < 4.78 is 0. The van der Waals surface area contributed by atoms with Gasteiger partial charge in [-0.25, -0.2) is 4.98 Å².